The number of hydrogen-bond acceptors (Lipinski definition) is 4. The number of carbonyl (C=O) groups excluding carboxylic acids is 2. The molecule has 0 bridgehead atoms. The van der Waals surface area contributed by atoms with Crippen molar-refractivity contribution in [2.45, 2.75) is 13.3 Å². The van der Waals surface area contributed by atoms with E-state index >= 15 is 0 Å². The maximum atomic E-state index is 12.2. The average Bonchev–Trinajstić information content (AvgIpc) is 2.45. The summed E-state index contributed by atoms with van der Waals surface area (Å²) in [5.74, 6) is 0.129. The summed E-state index contributed by atoms with van der Waals surface area (Å²) >= 11 is 3.75. The Labute approximate surface area is 142 Å². The predicted molar refractivity (Wildman–Crippen MR) is 95.2 cm³/mol. The lowest BCUT2D eigenvalue weighted by Gasteiger charge is -2.28. The second-order valence-electron chi connectivity index (χ2n) is 4.76. The Morgan fingerprint density at radius 2 is 2.19 bits per heavy atom. The van der Waals surface area contributed by atoms with Crippen LogP contribution in [-0.2, 0) is 9.59 Å². The van der Waals surface area contributed by atoms with Crippen molar-refractivity contribution in [2.75, 3.05) is 24.7 Å². The van der Waals surface area contributed by atoms with Gasteiger partial charge in [-0.1, -0.05) is 6.07 Å². The van der Waals surface area contributed by atoms with E-state index in [1.54, 1.807) is 11.8 Å². The molecule has 1 amide bonds. The molecule has 0 atom stereocenters. The van der Waals surface area contributed by atoms with Gasteiger partial charge in [-0.2, -0.15) is 0 Å². The van der Waals surface area contributed by atoms with E-state index in [4.69, 9.17) is 0 Å². The van der Waals surface area contributed by atoms with E-state index in [1.165, 1.54) is 11.8 Å². The molecular formula is C15H17IN2O2S. The van der Waals surface area contributed by atoms with Gasteiger partial charge in [0.15, 0.2) is 5.78 Å². The fraction of sp³-hybridized carbons (Fsp3) is 0.333. The van der Waals surface area contributed by atoms with Gasteiger partial charge in [-0.05, 0) is 47.0 Å². The number of rotatable bonds is 3. The van der Waals surface area contributed by atoms with Crippen LogP contribution in [0.25, 0.3) is 0 Å². The fourth-order valence-corrected chi connectivity index (χ4v) is 3.35. The molecule has 0 aliphatic carbocycles. The van der Waals surface area contributed by atoms with Gasteiger partial charge < -0.3 is 10.2 Å². The highest BCUT2D eigenvalue weighted by atomic mass is 127. The number of hydrogen-bond donors (Lipinski definition) is 1. The molecule has 1 aromatic rings. The van der Waals surface area contributed by atoms with Gasteiger partial charge in [-0.3, -0.25) is 9.59 Å². The standard InChI is InChI=1S/C15H17IN2O2S/c1-10(19)18-7-6-14(20)13(9-18)15(21-2)17-12-5-3-4-11(16)8-12/h3-5,8,17H,6-7,9H2,1-2H3/b15-13-. The number of amides is 1. The molecule has 2 rings (SSSR count). The molecule has 0 spiro atoms. The second-order valence-corrected chi connectivity index (χ2v) is 6.82. The van der Waals surface area contributed by atoms with Crippen LogP contribution >= 0.6 is 34.4 Å². The lowest BCUT2D eigenvalue weighted by atomic mass is 10.0. The van der Waals surface area contributed by atoms with Gasteiger partial charge in [-0.15, -0.1) is 11.8 Å². The van der Waals surface area contributed by atoms with Crippen molar-refractivity contribution in [3.63, 3.8) is 0 Å². The molecule has 1 fully saturated rings. The SMILES string of the molecule is CS/C(Nc1cccc(I)c1)=C1/CN(C(C)=O)CCC1=O. The monoisotopic (exact) mass is 416 g/mol. The third-order valence-electron chi connectivity index (χ3n) is 3.30. The summed E-state index contributed by atoms with van der Waals surface area (Å²) in [7, 11) is 0. The van der Waals surface area contributed by atoms with E-state index in [0.717, 1.165) is 14.3 Å². The number of piperidine rings is 1. The van der Waals surface area contributed by atoms with Crippen LogP contribution in [0.15, 0.2) is 34.9 Å². The lowest BCUT2D eigenvalue weighted by Crippen LogP contribution is -2.39. The highest BCUT2D eigenvalue weighted by molar-refractivity contribution is 14.1. The third kappa shape index (κ3) is 4.23. The van der Waals surface area contributed by atoms with Gasteiger partial charge in [0.25, 0.3) is 0 Å². The quantitative estimate of drug-likeness (QED) is 0.608. The Hall–Kier alpha value is -1.02. The number of Topliss-reactive ketones (excluding diaryl/α,β-unsaturated/α-hetero) is 1. The minimum Gasteiger partial charge on any atom is -0.350 e. The van der Waals surface area contributed by atoms with Crippen LogP contribution in [0, 0.1) is 3.57 Å². The Balaban J connectivity index is 2.27. The first-order chi connectivity index (χ1) is 10.0. The van der Waals surface area contributed by atoms with Crippen molar-refractivity contribution >= 4 is 51.7 Å². The first kappa shape index (κ1) is 16.4. The first-order valence-corrected chi connectivity index (χ1v) is 8.90. The van der Waals surface area contributed by atoms with E-state index in [9.17, 15) is 9.59 Å². The fourth-order valence-electron chi connectivity index (χ4n) is 2.16. The Morgan fingerprint density at radius 3 is 2.81 bits per heavy atom. The summed E-state index contributed by atoms with van der Waals surface area (Å²) in [5.41, 5.74) is 1.65. The summed E-state index contributed by atoms with van der Waals surface area (Å²) in [4.78, 5) is 25.4. The van der Waals surface area contributed by atoms with Crippen LogP contribution in [0.5, 0.6) is 0 Å². The highest BCUT2D eigenvalue weighted by Gasteiger charge is 2.25. The predicted octanol–water partition coefficient (Wildman–Crippen LogP) is 3.10. The number of thioether (sulfide) groups is 1. The molecule has 1 aliphatic rings. The molecule has 1 aliphatic heterocycles. The molecule has 4 nitrogen and oxygen atoms in total. The van der Waals surface area contributed by atoms with Crippen LogP contribution in [0.3, 0.4) is 0 Å². The van der Waals surface area contributed by atoms with E-state index in [1.807, 2.05) is 30.5 Å². The number of halogens is 1. The van der Waals surface area contributed by atoms with E-state index < -0.39 is 0 Å². The van der Waals surface area contributed by atoms with Crippen LogP contribution in [0.1, 0.15) is 13.3 Å². The second kappa shape index (κ2) is 7.31. The Kier molecular flexibility index (Phi) is 5.69. The minimum atomic E-state index is 0.00899. The highest BCUT2D eigenvalue weighted by Crippen LogP contribution is 2.25. The molecule has 112 valence electrons. The number of ketones is 1. The summed E-state index contributed by atoms with van der Waals surface area (Å²) in [5, 5.41) is 4.13. The Morgan fingerprint density at radius 1 is 1.43 bits per heavy atom. The number of nitrogens with zero attached hydrogens (tertiary/aromatic N) is 1. The first-order valence-electron chi connectivity index (χ1n) is 6.59. The smallest absolute Gasteiger partial charge is 0.219 e. The van der Waals surface area contributed by atoms with Gasteiger partial charge in [0.05, 0.1) is 11.6 Å². The zero-order valence-corrected chi connectivity index (χ0v) is 15.0. The van der Waals surface area contributed by atoms with Crippen molar-refractivity contribution in [3.05, 3.63) is 38.4 Å². The summed E-state index contributed by atoms with van der Waals surface area (Å²) < 4.78 is 1.13. The van der Waals surface area contributed by atoms with Crippen molar-refractivity contribution in [1.82, 2.24) is 4.90 Å². The molecule has 0 radical (unpaired) electrons. The zero-order valence-electron chi connectivity index (χ0n) is 12.0. The van der Waals surface area contributed by atoms with Crippen LogP contribution in [-0.4, -0.2) is 35.9 Å². The molecule has 0 unspecified atom stereocenters. The molecule has 1 heterocycles. The third-order valence-corrected chi connectivity index (χ3v) is 4.73. The molecule has 0 saturated carbocycles. The zero-order chi connectivity index (χ0) is 15.4. The normalized spacial score (nSPS) is 17.7. The molecule has 21 heavy (non-hydrogen) atoms. The van der Waals surface area contributed by atoms with Crippen molar-refractivity contribution < 1.29 is 9.59 Å². The van der Waals surface area contributed by atoms with Crippen LogP contribution < -0.4 is 5.32 Å². The van der Waals surface area contributed by atoms with E-state index in [0.29, 0.717) is 25.1 Å². The average molecular weight is 416 g/mol. The molecule has 1 aromatic carbocycles. The van der Waals surface area contributed by atoms with Gasteiger partial charge in [0.1, 0.15) is 0 Å². The van der Waals surface area contributed by atoms with Gasteiger partial charge >= 0.3 is 0 Å². The molecule has 1 saturated heterocycles. The minimum absolute atomic E-state index is 0.00899. The van der Waals surface area contributed by atoms with Gasteiger partial charge in [0, 0.05) is 34.7 Å². The molecule has 0 aromatic heterocycles. The maximum absolute atomic E-state index is 12.2. The number of nitrogens with one attached hydrogen (secondary N) is 1. The van der Waals surface area contributed by atoms with Crippen molar-refractivity contribution in [1.29, 1.82) is 0 Å². The van der Waals surface area contributed by atoms with E-state index in [-0.39, 0.29) is 11.7 Å². The van der Waals surface area contributed by atoms with Crippen molar-refractivity contribution in [3.8, 4) is 0 Å². The van der Waals surface area contributed by atoms with Crippen molar-refractivity contribution in [2.24, 2.45) is 0 Å². The Bertz CT molecular complexity index is 601. The molecule has 1 N–H and O–H groups in total. The van der Waals surface area contributed by atoms with Crippen LogP contribution in [0.2, 0.25) is 0 Å². The summed E-state index contributed by atoms with van der Waals surface area (Å²) in [6.45, 7) is 2.45. The largest absolute Gasteiger partial charge is 0.350 e. The number of benzene rings is 1. The maximum Gasteiger partial charge on any atom is 0.219 e. The molecule has 6 heteroatoms. The summed E-state index contributed by atoms with van der Waals surface area (Å²) in [6.07, 6.45) is 2.33. The van der Waals surface area contributed by atoms with Gasteiger partial charge in [0.2, 0.25) is 5.91 Å². The lowest BCUT2D eigenvalue weighted by molar-refractivity contribution is -0.130. The number of likely N-dealkylation sites (tertiary alicyclic amines) is 1. The number of anilines is 1. The van der Waals surface area contributed by atoms with Gasteiger partial charge in [-0.25, -0.2) is 0 Å². The van der Waals surface area contributed by atoms with E-state index in [2.05, 4.69) is 27.9 Å². The topological polar surface area (TPSA) is 49.4 Å². The summed E-state index contributed by atoms with van der Waals surface area (Å²) in [6, 6.07) is 7.97. The number of carbonyl (C=O) groups is 2. The molecular weight excluding hydrogens is 399 g/mol. The van der Waals surface area contributed by atoms with Crippen LogP contribution in [0.4, 0.5) is 5.69 Å².